The van der Waals surface area contributed by atoms with Crippen LogP contribution in [-0.4, -0.2) is 42.2 Å². The van der Waals surface area contributed by atoms with E-state index in [2.05, 4.69) is 17.1 Å². The molecule has 3 heteroatoms. The molecule has 0 bridgehead atoms. The summed E-state index contributed by atoms with van der Waals surface area (Å²) in [4.78, 5) is 2.39. The Hall–Kier alpha value is -0.900. The van der Waals surface area contributed by atoms with Crippen molar-refractivity contribution in [2.45, 2.75) is 44.8 Å². The summed E-state index contributed by atoms with van der Waals surface area (Å²) in [6.07, 6.45) is 3.65. The van der Waals surface area contributed by atoms with Crippen molar-refractivity contribution in [3.8, 4) is 0 Å². The lowest BCUT2D eigenvalue weighted by molar-refractivity contribution is 0.00651. The highest BCUT2D eigenvalue weighted by molar-refractivity contribution is 5.21. The Morgan fingerprint density at radius 1 is 1.35 bits per heavy atom. The fraction of sp³-hybridized carbons (Fsp3) is 0.647. The summed E-state index contributed by atoms with van der Waals surface area (Å²) in [7, 11) is 0. The number of piperidine rings is 1. The predicted molar refractivity (Wildman–Crippen MR) is 83.8 cm³/mol. The van der Waals surface area contributed by atoms with E-state index >= 15 is 0 Å². The van der Waals surface area contributed by atoms with Crippen LogP contribution in [0.15, 0.2) is 30.3 Å². The smallest absolute Gasteiger partial charge is 0.0994 e. The minimum Gasteiger partial charge on any atom is -0.384 e. The van der Waals surface area contributed by atoms with Gasteiger partial charge in [0.1, 0.15) is 0 Å². The van der Waals surface area contributed by atoms with E-state index in [0.29, 0.717) is 12.6 Å². The Morgan fingerprint density at radius 3 is 2.80 bits per heavy atom. The van der Waals surface area contributed by atoms with E-state index in [1.807, 2.05) is 37.3 Å². The molecule has 1 heterocycles. The van der Waals surface area contributed by atoms with Gasteiger partial charge in [-0.2, -0.15) is 0 Å². The summed E-state index contributed by atoms with van der Waals surface area (Å²) in [6, 6.07) is 10.6. The topological polar surface area (TPSA) is 35.5 Å². The minimum atomic E-state index is -0.770. The maximum absolute atomic E-state index is 10.7. The molecule has 0 spiro atoms. The molecule has 3 nitrogen and oxygen atoms in total. The van der Waals surface area contributed by atoms with E-state index in [1.165, 1.54) is 19.3 Å². The maximum Gasteiger partial charge on any atom is 0.0994 e. The summed E-state index contributed by atoms with van der Waals surface area (Å²) in [6.45, 7) is 8.06. The van der Waals surface area contributed by atoms with Gasteiger partial charge in [-0.3, -0.25) is 4.90 Å². The van der Waals surface area contributed by atoms with Crippen LogP contribution in [0.4, 0.5) is 0 Å². The molecule has 20 heavy (non-hydrogen) atoms. The third-order valence-corrected chi connectivity index (χ3v) is 4.12. The van der Waals surface area contributed by atoms with Crippen molar-refractivity contribution in [1.29, 1.82) is 0 Å². The average molecular weight is 276 g/mol. The van der Waals surface area contributed by atoms with E-state index in [9.17, 15) is 5.11 Å². The molecule has 1 fully saturated rings. The second-order valence-corrected chi connectivity index (χ2v) is 6.17. The van der Waals surface area contributed by atoms with Gasteiger partial charge in [0.15, 0.2) is 0 Å². The monoisotopic (exact) mass is 276 g/mol. The van der Waals surface area contributed by atoms with Gasteiger partial charge >= 0.3 is 0 Å². The van der Waals surface area contributed by atoms with Gasteiger partial charge in [-0.1, -0.05) is 37.3 Å². The largest absolute Gasteiger partial charge is 0.384 e. The first-order valence-corrected chi connectivity index (χ1v) is 7.85. The van der Waals surface area contributed by atoms with Crippen molar-refractivity contribution in [1.82, 2.24) is 10.2 Å². The van der Waals surface area contributed by atoms with E-state index < -0.39 is 5.60 Å². The zero-order valence-electron chi connectivity index (χ0n) is 12.8. The van der Waals surface area contributed by atoms with Crippen molar-refractivity contribution in [2.24, 2.45) is 0 Å². The van der Waals surface area contributed by atoms with E-state index in [0.717, 1.165) is 25.2 Å². The number of hydrogen-bond acceptors (Lipinski definition) is 3. The molecule has 1 aliphatic heterocycles. The number of β-amino-alcohol motifs (C(OH)–C–C–N with tert-alkyl or cyclic N) is 1. The molecule has 112 valence electrons. The molecule has 0 radical (unpaired) electrons. The van der Waals surface area contributed by atoms with Crippen LogP contribution in [-0.2, 0) is 5.60 Å². The van der Waals surface area contributed by atoms with Crippen LogP contribution in [0.1, 0.15) is 38.7 Å². The predicted octanol–water partition coefficient (Wildman–Crippen LogP) is 2.36. The van der Waals surface area contributed by atoms with Gasteiger partial charge in [-0.25, -0.2) is 0 Å². The summed E-state index contributed by atoms with van der Waals surface area (Å²) in [5.41, 5.74) is 0.233. The van der Waals surface area contributed by atoms with Crippen LogP contribution in [0.25, 0.3) is 0 Å². The summed E-state index contributed by atoms with van der Waals surface area (Å²) in [5.74, 6) is 0. The Balaban J connectivity index is 1.91. The van der Waals surface area contributed by atoms with Gasteiger partial charge in [0.2, 0.25) is 0 Å². The SMILES string of the molecule is CCCNC1CCCN(CC(C)(O)c2ccccc2)C1. The highest BCUT2D eigenvalue weighted by Gasteiger charge is 2.28. The van der Waals surface area contributed by atoms with Gasteiger partial charge < -0.3 is 10.4 Å². The second-order valence-electron chi connectivity index (χ2n) is 6.17. The van der Waals surface area contributed by atoms with Crippen LogP contribution in [0.5, 0.6) is 0 Å². The van der Waals surface area contributed by atoms with E-state index in [-0.39, 0.29) is 0 Å². The Bertz CT molecular complexity index is 391. The standard InChI is InChI=1S/C17H28N2O/c1-3-11-18-16-10-7-12-19(13-16)14-17(2,20)15-8-5-4-6-9-15/h4-6,8-9,16,18,20H,3,7,10-14H2,1-2H3. The summed E-state index contributed by atoms with van der Waals surface area (Å²) >= 11 is 0. The molecule has 0 saturated carbocycles. The molecule has 1 saturated heterocycles. The number of aliphatic hydroxyl groups is 1. The molecule has 1 aromatic rings. The third-order valence-electron chi connectivity index (χ3n) is 4.12. The van der Waals surface area contributed by atoms with Crippen LogP contribution in [0.3, 0.4) is 0 Å². The lowest BCUT2D eigenvalue weighted by Crippen LogP contribution is -2.49. The average Bonchev–Trinajstić information content (AvgIpc) is 2.46. The van der Waals surface area contributed by atoms with Crippen molar-refractivity contribution >= 4 is 0 Å². The van der Waals surface area contributed by atoms with Crippen LogP contribution in [0.2, 0.25) is 0 Å². The van der Waals surface area contributed by atoms with Crippen molar-refractivity contribution in [2.75, 3.05) is 26.2 Å². The van der Waals surface area contributed by atoms with Gasteiger partial charge in [0.05, 0.1) is 5.60 Å². The molecule has 0 amide bonds. The van der Waals surface area contributed by atoms with Gasteiger partial charge in [0.25, 0.3) is 0 Å². The lowest BCUT2D eigenvalue weighted by Gasteiger charge is -2.37. The Morgan fingerprint density at radius 2 is 2.10 bits per heavy atom. The Kier molecular flexibility index (Phi) is 5.58. The van der Waals surface area contributed by atoms with Gasteiger partial charge in [-0.05, 0) is 44.8 Å². The molecular formula is C17H28N2O. The number of benzene rings is 1. The Labute approximate surface area is 123 Å². The molecule has 2 atom stereocenters. The quantitative estimate of drug-likeness (QED) is 0.837. The first-order valence-electron chi connectivity index (χ1n) is 7.85. The molecule has 2 N–H and O–H groups in total. The number of likely N-dealkylation sites (tertiary alicyclic amines) is 1. The molecule has 1 aliphatic rings. The number of nitrogens with one attached hydrogen (secondary N) is 1. The molecule has 0 aromatic heterocycles. The second kappa shape index (κ2) is 7.21. The van der Waals surface area contributed by atoms with Crippen LogP contribution < -0.4 is 5.32 Å². The lowest BCUT2D eigenvalue weighted by atomic mass is 9.94. The molecule has 2 rings (SSSR count). The van der Waals surface area contributed by atoms with Crippen LogP contribution in [0, 0.1) is 0 Å². The highest BCUT2D eigenvalue weighted by atomic mass is 16.3. The molecule has 1 aromatic carbocycles. The maximum atomic E-state index is 10.7. The first-order chi connectivity index (χ1) is 9.62. The zero-order valence-corrected chi connectivity index (χ0v) is 12.8. The van der Waals surface area contributed by atoms with Crippen LogP contribution >= 0.6 is 0 Å². The number of nitrogens with zero attached hydrogens (tertiary/aromatic N) is 1. The molecule has 2 unspecified atom stereocenters. The normalized spacial score (nSPS) is 23.4. The van der Waals surface area contributed by atoms with Gasteiger partial charge in [-0.15, -0.1) is 0 Å². The van der Waals surface area contributed by atoms with E-state index in [1.54, 1.807) is 0 Å². The third kappa shape index (κ3) is 4.30. The van der Waals surface area contributed by atoms with Crippen molar-refractivity contribution < 1.29 is 5.11 Å². The van der Waals surface area contributed by atoms with Crippen molar-refractivity contribution in [3.63, 3.8) is 0 Å². The molecule has 0 aliphatic carbocycles. The first kappa shape index (κ1) is 15.5. The van der Waals surface area contributed by atoms with Gasteiger partial charge in [0, 0.05) is 19.1 Å². The summed E-state index contributed by atoms with van der Waals surface area (Å²) in [5, 5.41) is 14.3. The number of hydrogen-bond donors (Lipinski definition) is 2. The van der Waals surface area contributed by atoms with E-state index in [4.69, 9.17) is 0 Å². The highest BCUT2D eigenvalue weighted by Crippen LogP contribution is 2.23. The fourth-order valence-electron chi connectivity index (χ4n) is 3.04. The zero-order chi connectivity index (χ0) is 14.4. The minimum absolute atomic E-state index is 0.579. The summed E-state index contributed by atoms with van der Waals surface area (Å²) < 4.78 is 0. The fourth-order valence-corrected chi connectivity index (χ4v) is 3.04. The van der Waals surface area contributed by atoms with Crippen molar-refractivity contribution in [3.05, 3.63) is 35.9 Å². The molecular weight excluding hydrogens is 248 g/mol. The number of rotatable bonds is 6.